The van der Waals surface area contributed by atoms with Crippen LogP contribution in [0.25, 0.3) is 0 Å². The third-order valence-electron chi connectivity index (χ3n) is 10.4. The Kier molecular flexibility index (Phi) is 15.8. The van der Waals surface area contributed by atoms with Crippen molar-refractivity contribution in [1.29, 1.82) is 0 Å². The van der Waals surface area contributed by atoms with E-state index in [2.05, 4.69) is 27.8 Å². The molecule has 0 aromatic heterocycles. The lowest BCUT2D eigenvalue weighted by molar-refractivity contribution is -0.145. The lowest BCUT2D eigenvalue weighted by Gasteiger charge is -2.39. The Morgan fingerprint density at radius 1 is 0.896 bits per heavy atom. The molecule has 48 heavy (non-hydrogen) atoms. The number of amides is 4. The molecular weight excluding hydrogens is 612 g/mol. The summed E-state index contributed by atoms with van der Waals surface area (Å²) in [5.41, 5.74) is 5.96. The average Bonchev–Trinajstić information content (AvgIpc) is 3.86. The van der Waals surface area contributed by atoms with E-state index in [0.717, 1.165) is 64.3 Å². The van der Waals surface area contributed by atoms with Gasteiger partial charge in [-0.2, -0.15) is 0 Å². The van der Waals surface area contributed by atoms with Gasteiger partial charge in [0.05, 0.1) is 12.1 Å². The Labute approximate surface area is 288 Å². The van der Waals surface area contributed by atoms with Crippen LogP contribution in [0, 0.1) is 23.7 Å². The number of likely N-dealkylation sites (N-methyl/N-ethyl adjacent to an activating group) is 1. The number of ketones is 1. The minimum Gasteiger partial charge on any atom is -0.391 e. The average molecular weight is 677 g/mol. The SMILES string of the molecule is CCCC[C@H]1C(=O)N(C)[C@@H](CC(C)C)C(=O)N[C@@H](C2CCCCC2)C(=O)N[C@@H](CN)C(=O)N[C@@H]([C@H](C)O)C(=O)C[C@H](C)CN1CC1CC1. The fourth-order valence-electron chi connectivity index (χ4n) is 7.36. The van der Waals surface area contributed by atoms with Crippen LogP contribution in [-0.4, -0.2) is 107 Å². The van der Waals surface area contributed by atoms with Crippen LogP contribution >= 0.6 is 0 Å². The highest BCUT2D eigenvalue weighted by atomic mass is 16.3. The maximum atomic E-state index is 14.5. The zero-order valence-electron chi connectivity index (χ0n) is 30.3. The summed E-state index contributed by atoms with van der Waals surface area (Å²) < 4.78 is 0. The molecule has 2 aliphatic carbocycles. The van der Waals surface area contributed by atoms with Gasteiger partial charge in [0.1, 0.15) is 24.2 Å². The van der Waals surface area contributed by atoms with Crippen molar-refractivity contribution in [2.75, 3.05) is 26.7 Å². The number of nitrogens with zero attached hydrogens (tertiary/aromatic N) is 2. The van der Waals surface area contributed by atoms with Gasteiger partial charge in [-0.3, -0.25) is 28.9 Å². The van der Waals surface area contributed by atoms with E-state index in [0.29, 0.717) is 25.3 Å². The summed E-state index contributed by atoms with van der Waals surface area (Å²) >= 11 is 0. The van der Waals surface area contributed by atoms with Gasteiger partial charge >= 0.3 is 0 Å². The van der Waals surface area contributed by atoms with Crippen molar-refractivity contribution in [2.24, 2.45) is 29.4 Å². The third kappa shape index (κ3) is 11.5. The quantitative estimate of drug-likeness (QED) is 0.234. The van der Waals surface area contributed by atoms with Crippen molar-refractivity contribution < 1.29 is 29.1 Å². The van der Waals surface area contributed by atoms with Gasteiger partial charge in [0, 0.05) is 33.1 Å². The lowest BCUT2D eigenvalue weighted by Crippen LogP contribution is -2.62. The van der Waals surface area contributed by atoms with E-state index in [9.17, 15) is 29.1 Å². The summed E-state index contributed by atoms with van der Waals surface area (Å²) in [6.07, 6.45) is 8.28. The lowest BCUT2D eigenvalue weighted by atomic mass is 9.83. The van der Waals surface area contributed by atoms with E-state index in [1.807, 2.05) is 20.8 Å². The maximum Gasteiger partial charge on any atom is 0.244 e. The zero-order valence-corrected chi connectivity index (χ0v) is 30.3. The number of hydrogen-bond acceptors (Lipinski definition) is 8. The molecule has 3 aliphatic rings. The van der Waals surface area contributed by atoms with Gasteiger partial charge in [-0.1, -0.05) is 59.8 Å². The van der Waals surface area contributed by atoms with Gasteiger partial charge in [-0.15, -0.1) is 0 Å². The molecule has 0 unspecified atom stereocenters. The number of carbonyl (C=O) groups is 5. The van der Waals surface area contributed by atoms with Crippen LogP contribution in [-0.2, 0) is 24.0 Å². The summed E-state index contributed by atoms with van der Waals surface area (Å²) in [7, 11) is 1.70. The van der Waals surface area contributed by atoms with Gasteiger partial charge in [0.15, 0.2) is 5.78 Å². The summed E-state index contributed by atoms with van der Waals surface area (Å²) in [6, 6.07) is -4.54. The van der Waals surface area contributed by atoms with Gasteiger partial charge in [0.25, 0.3) is 0 Å². The molecule has 12 heteroatoms. The van der Waals surface area contributed by atoms with Crippen LogP contribution in [0.3, 0.4) is 0 Å². The molecular formula is C36H64N6O6. The van der Waals surface area contributed by atoms with E-state index in [1.54, 1.807) is 11.9 Å². The summed E-state index contributed by atoms with van der Waals surface area (Å²) in [5.74, 6) is -1.74. The number of rotatable bonds is 10. The first kappa shape index (κ1) is 39.9. The zero-order chi connectivity index (χ0) is 35.5. The van der Waals surface area contributed by atoms with Crippen LogP contribution in [0.2, 0.25) is 0 Å². The Balaban J connectivity index is 2.08. The maximum absolute atomic E-state index is 14.5. The van der Waals surface area contributed by atoms with Crippen molar-refractivity contribution in [3.63, 3.8) is 0 Å². The van der Waals surface area contributed by atoms with Crippen LogP contribution in [0.1, 0.15) is 112 Å². The van der Waals surface area contributed by atoms with Crippen molar-refractivity contribution in [2.45, 2.75) is 148 Å². The smallest absolute Gasteiger partial charge is 0.244 e. The molecule has 7 atom stereocenters. The van der Waals surface area contributed by atoms with Crippen molar-refractivity contribution >= 4 is 29.4 Å². The first-order chi connectivity index (χ1) is 22.8. The largest absolute Gasteiger partial charge is 0.391 e. The summed E-state index contributed by atoms with van der Waals surface area (Å²) in [4.78, 5) is 73.5. The number of Topliss-reactive ketones (excluding diaryl/α,β-unsaturated/α-hetero) is 1. The normalized spacial score (nSPS) is 30.8. The fourth-order valence-corrected chi connectivity index (χ4v) is 7.36. The van der Waals surface area contributed by atoms with Gasteiger partial charge in [-0.25, -0.2) is 0 Å². The van der Waals surface area contributed by atoms with Crippen molar-refractivity contribution in [1.82, 2.24) is 25.8 Å². The number of unbranched alkanes of at least 4 members (excludes halogenated alkanes) is 1. The molecule has 0 radical (unpaired) electrons. The molecule has 1 saturated heterocycles. The Hall–Kier alpha value is -2.57. The molecule has 1 aliphatic heterocycles. The van der Waals surface area contributed by atoms with Crippen LogP contribution < -0.4 is 21.7 Å². The number of hydrogen-bond donors (Lipinski definition) is 5. The number of nitrogens with two attached hydrogens (primary N) is 1. The highest BCUT2D eigenvalue weighted by Gasteiger charge is 2.40. The predicted octanol–water partition coefficient (Wildman–Crippen LogP) is 2.11. The second-order valence-electron chi connectivity index (χ2n) is 15.3. The molecule has 1 heterocycles. The number of nitrogens with one attached hydrogen (secondary N) is 3. The minimum absolute atomic E-state index is 0.0866. The van der Waals surface area contributed by atoms with E-state index in [1.165, 1.54) is 6.92 Å². The first-order valence-electron chi connectivity index (χ1n) is 18.6. The highest BCUT2D eigenvalue weighted by Crippen LogP contribution is 2.32. The fraction of sp³-hybridized carbons (Fsp3) is 0.861. The Bertz CT molecular complexity index is 1090. The minimum atomic E-state index is -1.18. The molecule has 0 aromatic rings. The molecule has 0 spiro atoms. The molecule has 2 saturated carbocycles. The number of carbonyl (C=O) groups excluding carboxylic acids is 5. The number of aliphatic hydroxyl groups is 1. The molecule has 0 bridgehead atoms. The summed E-state index contributed by atoms with van der Waals surface area (Å²) in [5, 5.41) is 19.0. The van der Waals surface area contributed by atoms with Crippen LogP contribution in [0.4, 0.5) is 0 Å². The number of aliphatic hydroxyl groups excluding tert-OH is 1. The monoisotopic (exact) mass is 676 g/mol. The molecule has 12 nitrogen and oxygen atoms in total. The summed E-state index contributed by atoms with van der Waals surface area (Å²) in [6.45, 7) is 10.5. The molecule has 3 rings (SSSR count). The van der Waals surface area contributed by atoms with E-state index < -0.39 is 48.1 Å². The van der Waals surface area contributed by atoms with Gasteiger partial charge in [0.2, 0.25) is 23.6 Å². The molecule has 4 amide bonds. The molecule has 3 fully saturated rings. The van der Waals surface area contributed by atoms with E-state index in [4.69, 9.17) is 5.73 Å². The molecule has 274 valence electrons. The van der Waals surface area contributed by atoms with Crippen molar-refractivity contribution in [3.8, 4) is 0 Å². The van der Waals surface area contributed by atoms with Crippen molar-refractivity contribution in [3.05, 3.63) is 0 Å². The van der Waals surface area contributed by atoms with E-state index >= 15 is 0 Å². The highest BCUT2D eigenvalue weighted by molar-refractivity contribution is 5.96. The third-order valence-corrected chi connectivity index (χ3v) is 10.4. The predicted molar refractivity (Wildman–Crippen MR) is 186 cm³/mol. The first-order valence-corrected chi connectivity index (χ1v) is 18.6. The van der Waals surface area contributed by atoms with E-state index in [-0.39, 0.29) is 48.3 Å². The Morgan fingerprint density at radius 3 is 2.12 bits per heavy atom. The topological polar surface area (TPSA) is 174 Å². The van der Waals surface area contributed by atoms with Crippen LogP contribution in [0.15, 0.2) is 0 Å². The Morgan fingerprint density at radius 2 is 1.56 bits per heavy atom. The van der Waals surface area contributed by atoms with Gasteiger partial charge in [-0.05, 0) is 69.1 Å². The van der Waals surface area contributed by atoms with Crippen LogP contribution in [0.5, 0.6) is 0 Å². The second kappa shape index (κ2) is 19.0. The van der Waals surface area contributed by atoms with Gasteiger partial charge < -0.3 is 31.7 Å². The standard InChI is InChI=1S/C36H64N6O6/c1-7-8-14-28-36(48)41(6)29(17-22(2)3)34(46)40-32(26-12-10-9-11-13-26)35(47)38-27(19-37)33(45)39-31(24(5)43)30(44)18-23(4)20-42(28)21-25-15-16-25/h22-29,31-32,43H,7-21,37H2,1-6H3,(H,38,47)(H,39,45)(H,40,46)/t23-,24-,27-,28-,29-,31-,32-/m0/s1. The second-order valence-corrected chi connectivity index (χ2v) is 15.3. The molecule has 0 aromatic carbocycles. The molecule has 6 N–H and O–H groups in total.